The number of nitrogens with zero attached hydrogens (tertiary/aromatic N) is 1. The zero-order chi connectivity index (χ0) is 12.4. The second-order valence-corrected chi connectivity index (χ2v) is 6.51. The number of fused-ring (bicyclic) bond motifs is 1. The Kier molecular flexibility index (Phi) is 3.62. The third-order valence-electron chi connectivity index (χ3n) is 3.85. The first kappa shape index (κ1) is 12.1. The molecule has 3 heteroatoms. The monoisotopic (exact) mass is 260 g/mol. The minimum atomic E-state index is 0.613. The summed E-state index contributed by atoms with van der Waals surface area (Å²) in [7, 11) is 0. The van der Waals surface area contributed by atoms with E-state index >= 15 is 0 Å². The van der Waals surface area contributed by atoms with Crippen molar-refractivity contribution in [1.82, 2.24) is 10.3 Å². The Morgan fingerprint density at radius 3 is 2.94 bits per heavy atom. The molecule has 2 nitrogen and oxygen atoms in total. The maximum Gasteiger partial charge on any atom is 0.108 e. The fourth-order valence-electron chi connectivity index (χ4n) is 2.57. The van der Waals surface area contributed by atoms with E-state index in [2.05, 4.69) is 41.5 Å². The maximum atomic E-state index is 4.65. The Bertz CT molecular complexity index is 483. The lowest BCUT2D eigenvalue weighted by Gasteiger charge is -2.28. The molecule has 1 aliphatic carbocycles. The van der Waals surface area contributed by atoms with Crippen molar-refractivity contribution in [3.8, 4) is 0 Å². The number of aromatic nitrogens is 1. The van der Waals surface area contributed by atoms with Gasteiger partial charge in [-0.1, -0.05) is 31.4 Å². The lowest BCUT2D eigenvalue weighted by atomic mass is 9.81. The first-order valence-electron chi connectivity index (χ1n) is 6.89. The molecular formula is C15H20N2S. The van der Waals surface area contributed by atoms with Crippen molar-refractivity contribution in [2.75, 3.05) is 0 Å². The molecule has 1 fully saturated rings. The average molecular weight is 260 g/mol. The Balaban J connectivity index is 1.55. The van der Waals surface area contributed by atoms with E-state index in [1.165, 1.54) is 35.4 Å². The van der Waals surface area contributed by atoms with E-state index in [0.29, 0.717) is 6.04 Å². The number of benzene rings is 1. The van der Waals surface area contributed by atoms with Crippen LogP contribution in [0.15, 0.2) is 24.3 Å². The summed E-state index contributed by atoms with van der Waals surface area (Å²) < 4.78 is 1.29. The molecule has 96 valence electrons. The summed E-state index contributed by atoms with van der Waals surface area (Å²) in [5, 5.41) is 4.81. The van der Waals surface area contributed by atoms with Gasteiger partial charge in [0.1, 0.15) is 5.01 Å². The predicted molar refractivity (Wildman–Crippen MR) is 77.9 cm³/mol. The van der Waals surface area contributed by atoms with Crippen LogP contribution >= 0.6 is 11.3 Å². The van der Waals surface area contributed by atoms with Crippen molar-refractivity contribution in [1.29, 1.82) is 0 Å². The zero-order valence-electron chi connectivity index (χ0n) is 10.9. The van der Waals surface area contributed by atoms with Crippen LogP contribution in [0.2, 0.25) is 0 Å². The van der Waals surface area contributed by atoms with Gasteiger partial charge in [-0.15, -0.1) is 11.3 Å². The number of hydrogen-bond donors (Lipinski definition) is 1. The lowest BCUT2D eigenvalue weighted by Crippen LogP contribution is -2.29. The SMILES string of the molecule is CC(CC1CCC1)NCc1nc2ccccc2s1. The highest BCUT2D eigenvalue weighted by atomic mass is 32.1. The standard InChI is InChI=1S/C15H20N2S/c1-11(9-12-5-4-6-12)16-10-15-17-13-7-2-3-8-14(13)18-15/h2-3,7-8,11-12,16H,4-6,9-10H2,1H3. The molecule has 18 heavy (non-hydrogen) atoms. The van der Waals surface area contributed by atoms with Gasteiger partial charge < -0.3 is 5.32 Å². The van der Waals surface area contributed by atoms with Crippen LogP contribution in [0.3, 0.4) is 0 Å². The van der Waals surface area contributed by atoms with Gasteiger partial charge in [0.15, 0.2) is 0 Å². The summed E-state index contributed by atoms with van der Waals surface area (Å²) in [5.41, 5.74) is 1.13. The van der Waals surface area contributed by atoms with Gasteiger partial charge in [0.25, 0.3) is 0 Å². The van der Waals surface area contributed by atoms with Gasteiger partial charge in [0.2, 0.25) is 0 Å². The molecule has 1 atom stereocenters. The van der Waals surface area contributed by atoms with Crippen LogP contribution in [0.1, 0.15) is 37.6 Å². The molecular weight excluding hydrogens is 240 g/mol. The minimum Gasteiger partial charge on any atom is -0.308 e. The highest BCUT2D eigenvalue weighted by Crippen LogP contribution is 2.30. The average Bonchev–Trinajstić information content (AvgIpc) is 2.74. The Morgan fingerprint density at radius 2 is 2.22 bits per heavy atom. The second kappa shape index (κ2) is 5.37. The van der Waals surface area contributed by atoms with E-state index in [9.17, 15) is 0 Å². The summed E-state index contributed by atoms with van der Waals surface area (Å²) in [6.07, 6.45) is 5.64. The van der Waals surface area contributed by atoms with E-state index < -0.39 is 0 Å². The molecule has 0 amide bonds. The van der Waals surface area contributed by atoms with Crippen LogP contribution in [0.4, 0.5) is 0 Å². The van der Waals surface area contributed by atoms with Crippen molar-refractivity contribution < 1.29 is 0 Å². The van der Waals surface area contributed by atoms with Crippen LogP contribution < -0.4 is 5.32 Å². The van der Waals surface area contributed by atoms with E-state index in [4.69, 9.17) is 0 Å². The first-order valence-corrected chi connectivity index (χ1v) is 7.71. The molecule has 1 aliphatic rings. The Morgan fingerprint density at radius 1 is 1.39 bits per heavy atom. The molecule has 0 bridgehead atoms. The summed E-state index contributed by atoms with van der Waals surface area (Å²) in [6.45, 7) is 3.21. The molecule has 1 unspecified atom stereocenters. The topological polar surface area (TPSA) is 24.9 Å². The summed E-state index contributed by atoms with van der Waals surface area (Å²) in [5.74, 6) is 0.975. The van der Waals surface area contributed by atoms with Gasteiger partial charge in [0, 0.05) is 12.6 Å². The fourth-order valence-corrected chi connectivity index (χ4v) is 3.49. The van der Waals surface area contributed by atoms with Crippen LogP contribution in [0.5, 0.6) is 0 Å². The van der Waals surface area contributed by atoms with Gasteiger partial charge in [0.05, 0.1) is 10.2 Å². The van der Waals surface area contributed by atoms with Crippen LogP contribution in [-0.2, 0) is 6.54 Å². The lowest BCUT2D eigenvalue weighted by molar-refractivity contribution is 0.265. The normalized spacial score (nSPS) is 17.8. The van der Waals surface area contributed by atoms with Crippen molar-refractivity contribution in [2.24, 2.45) is 5.92 Å². The third kappa shape index (κ3) is 2.73. The molecule has 1 aromatic heterocycles. The van der Waals surface area contributed by atoms with Gasteiger partial charge >= 0.3 is 0 Å². The molecule has 1 heterocycles. The smallest absolute Gasteiger partial charge is 0.108 e. The van der Waals surface area contributed by atoms with Crippen LogP contribution in [-0.4, -0.2) is 11.0 Å². The number of rotatable bonds is 5. The van der Waals surface area contributed by atoms with Crippen LogP contribution in [0.25, 0.3) is 10.2 Å². The van der Waals surface area contributed by atoms with Gasteiger partial charge in [-0.25, -0.2) is 4.98 Å². The molecule has 0 spiro atoms. The minimum absolute atomic E-state index is 0.613. The van der Waals surface area contributed by atoms with Gasteiger partial charge in [-0.05, 0) is 31.4 Å². The maximum absolute atomic E-state index is 4.65. The fraction of sp³-hybridized carbons (Fsp3) is 0.533. The number of thiazole rings is 1. The van der Waals surface area contributed by atoms with Gasteiger partial charge in [-0.2, -0.15) is 0 Å². The second-order valence-electron chi connectivity index (χ2n) is 5.39. The van der Waals surface area contributed by atoms with E-state index in [0.717, 1.165) is 18.0 Å². The molecule has 0 radical (unpaired) electrons. The third-order valence-corrected chi connectivity index (χ3v) is 4.89. The van der Waals surface area contributed by atoms with Gasteiger partial charge in [-0.3, -0.25) is 0 Å². The summed E-state index contributed by atoms with van der Waals surface area (Å²) in [6, 6.07) is 8.99. The van der Waals surface area contributed by atoms with E-state index in [-0.39, 0.29) is 0 Å². The Labute approximate surface area is 112 Å². The van der Waals surface area contributed by atoms with Crippen molar-refractivity contribution in [3.63, 3.8) is 0 Å². The molecule has 0 aliphatic heterocycles. The largest absolute Gasteiger partial charge is 0.308 e. The van der Waals surface area contributed by atoms with Crippen molar-refractivity contribution in [2.45, 2.75) is 45.2 Å². The number of hydrogen-bond acceptors (Lipinski definition) is 3. The molecule has 1 aromatic carbocycles. The predicted octanol–water partition coefficient (Wildman–Crippen LogP) is 3.96. The molecule has 1 N–H and O–H groups in total. The Hall–Kier alpha value is -0.930. The van der Waals surface area contributed by atoms with Crippen molar-refractivity contribution in [3.05, 3.63) is 29.3 Å². The molecule has 0 saturated heterocycles. The zero-order valence-corrected chi connectivity index (χ0v) is 11.7. The quantitative estimate of drug-likeness (QED) is 0.880. The molecule has 2 aromatic rings. The van der Waals surface area contributed by atoms with E-state index in [1.54, 1.807) is 11.3 Å². The summed E-state index contributed by atoms with van der Waals surface area (Å²) >= 11 is 1.80. The highest BCUT2D eigenvalue weighted by molar-refractivity contribution is 7.18. The number of nitrogens with one attached hydrogen (secondary N) is 1. The highest BCUT2D eigenvalue weighted by Gasteiger charge is 2.19. The van der Waals surface area contributed by atoms with Crippen molar-refractivity contribution >= 4 is 21.6 Å². The summed E-state index contributed by atoms with van der Waals surface area (Å²) in [4.78, 5) is 4.65. The molecule has 1 saturated carbocycles. The first-order chi connectivity index (χ1) is 8.81. The number of para-hydroxylation sites is 1. The van der Waals surface area contributed by atoms with Crippen LogP contribution in [0, 0.1) is 5.92 Å². The van der Waals surface area contributed by atoms with E-state index in [1.807, 2.05) is 0 Å². The molecule has 3 rings (SSSR count).